The van der Waals surface area contributed by atoms with E-state index >= 15 is 0 Å². The molecule has 5 rings (SSSR count). The van der Waals surface area contributed by atoms with Gasteiger partial charge in [0, 0.05) is 26.2 Å². The highest BCUT2D eigenvalue weighted by Gasteiger charge is 2.28. The van der Waals surface area contributed by atoms with E-state index in [2.05, 4.69) is 19.4 Å². The number of rotatable bonds is 8. The number of imidazole rings is 1. The molecule has 10 heteroatoms. The number of benzene rings is 2. The minimum Gasteiger partial charge on any atom is -0.497 e. The smallest absolute Gasteiger partial charge is 0.410 e. The molecule has 0 aliphatic carbocycles. The number of piperazine rings is 1. The zero-order chi connectivity index (χ0) is 28.8. The summed E-state index contributed by atoms with van der Waals surface area (Å²) in [6, 6.07) is 17.7. The Bertz CT molecular complexity index is 1490. The highest BCUT2D eigenvalue weighted by atomic mass is 16.6. The van der Waals surface area contributed by atoms with E-state index < -0.39 is 5.60 Å². The van der Waals surface area contributed by atoms with Crippen molar-refractivity contribution in [3.8, 4) is 11.5 Å². The van der Waals surface area contributed by atoms with Crippen molar-refractivity contribution in [2.24, 2.45) is 0 Å². The van der Waals surface area contributed by atoms with Crippen LogP contribution in [0, 0.1) is 0 Å². The zero-order valence-corrected chi connectivity index (χ0v) is 24.0. The van der Waals surface area contributed by atoms with Gasteiger partial charge in [0.15, 0.2) is 17.0 Å². The molecular formula is C31H36N6O4. The van der Waals surface area contributed by atoms with Gasteiger partial charge in [0.2, 0.25) is 0 Å². The number of hydrogen-bond donors (Lipinski definition) is 0. The van der Waals surface area contributed by atoms with Crippen molar-refractivity contribution in [1.82, 2.24) is 24.4 Å². The molecule has 1 aliphatic rings. The van der Waals surface area contributed by atoms with Gasteiger partial charge in [0.05, 0.1) is 13.7 Å². The summed E-state index contributed by atoms with van der Waals surface area (Å²) in [6.45, 7) is 8.92. The molecule has 41 heavy (non-hydrogen) atoms. The molecule has 1 saturated heterocycles. The lowest BCUT2D eigenvalue weighted by Gasteiger charge is -2.36. The fourth-order valence-electron chi connectivity index (χ4n) is 4.61. The van der Waals surface area contributed by atoms with Crippen LogP contribution < -0.4 is 14.4 Å². The molecule has 2 aromatic heterocycles. The summed E-state index contributed by atoms with van der Waals surface area (Å²) in [5.74, 6) is 3.12. The number of aromatic nitrogens is 4. The minimum atomic E-state index is -0.528. The largest absolute Gasteiger partial charge is 0.497 e. The first-order valence-electron chi connectivity index (χ1n) is 13.7. The maximum atomic E-state index is 12.6. The van der Waals surface area contributed by atoms with E-state index in [4.69, 9.17) is 19.2 Å². The van der Waals surface area contributed by atoms with Crippen molar-refractivity contribution in [3.05, 3.63) is 78.4 Å². The van der Waals surface area contributed by atoms with Crippen LogP contribution in [0.25, 0.3) is 17.2 Å². The third kappa shape index (κ3) is 6.95. The van der Waals surface area contributed by atoms with Crippen LogP contribution in [0.15, 0.2) is 67.0 Å². The molecule has 0 atom stereocenters. The van der Waals surface area contributed by atoms with Crippen LogP contribution in [-0.4, -0.2) is 76.0 Å². The molecule has 3 heterocycles. The number of anilines is 1. The second kappa shape index (κ2) is 12.3. The standard InChI is InChI=1S/C31H36N6O4/c1-31(2,3)41-30(38)36-18-16-35(17-19-36)28-27-29(33-22-32-28)37(21-23-12-14-24(39-4)15-13-23)26(34-27)11-8-20-40-25-9-6-5-7-10-25/h5-15,22H,16-21H2,1-4H3/b11-8+. The molecule has 0 radical (unpaired) electrons. The van der Waals surface area contributed by atoms with Crippen molar-refractivity contribution < 1.29 is 19.0 Å². The van der Waals surface area contributed by atoms with E-state index in [1.54, 1.807) is 18.3 Å². The summed E-state index contributed by atoms with van der Waals surface area (Å²) >= 11 is 0. The van der Waals surface area contributed by atoms with E-state index in [1.165, 1.54) is 0 Å². The van der Waals surface area contributed by atoms with Crippen molar-refractivity contribution in [2.45, 2.75) is 32.9 Å². The second-order valence-electron chi connectivity index (χ2n) is 10.8. The average molecular weight is 557 g/mol. The van der Waals surface area contributed by atoms with Crippen LogP contribution in [0.4, 0.5) is 10.6 Å². The van der Waals surface area contributed by atoms with Crippen molar-refractivity contribution >= 4 is 29.2 Å². The number of carbonyl (C=O) groups is 1. The monoisotopic (exact) mass is 556 g/mol. The van der Waals surface area contributed by atoms with E-state index in [9.17, 15) is 4.79 Å². The van der Waals surface area contributed by atoms with E-state index in [1.807, 2.05) is 87.5 Å². The van der Waals surface area contributed by atoms with Gasteiger partial charge in [-0.05, 0) is 62.8 Å². The predicted molar refractivity (Wildman–Crippen MR) is 158 cm³/mol. The predicted octanol–water partition coefficient (Wildman–Crippen LogP) is 5.03. The lowest BCUT2D eigenvalue weighted by atomic mass is 10.2. The molecule has 1 fully saturated rings. The summed E-state index contributed by atoms with van der Waals surface area (Å²) in [5.41, 5.74) is 2.02. The lowest BCUT2D eigenvalue weighted by Crippen LogP contribution is -2.50. The van der Waals surface area contributed by atoms with Gasteiger partial charge in [0.1, 0.15) is 35.9 Å². The Morgan fingerprint density at radius 1 is 0.951 bits per heavy atom. The first-order chi connectivity index (χ1) is 19.8. The molecular weight excluding hydrogens is 520 g/mol. The van der Waals surface area contributed by atoms with Crippen LogP contribution in [0.5, 0.6) is 11.5 Å². The molecule has 0 bridgehead atoms. The van der Waals surface area contributed by atoms with Crippen LogP contribution in [0.1, 0.15) is 32.2 Å². The third-order valence-corrected chi connectivity index (χ3v) is 6.63. The summed E-state index contributed by atoms with van der Waals surface area (Å²) in [6.07, 6.45) is 5.19. The zero-order valence-electron chi connectivity index (χ0n) is 24.0. The fraction of sp³-hybridized carbons (Fsp3) is 0.355. The number of carbonyl (C=O) groups excluding carboxylic acids is 1. The normalized spacial score (nSPS) is 14.0. The average Bonchev–Trinajstić information content (AvgIpc) is 3.32. The molecule has 0 spiro atoms. The molecule has 0 N–H and O–H groups in total. The van der Waals surface area contributed by atoms with Gasteiger partial charge in [-0.1, -0.05) is 30.3 Å². The quantitative estimate of drug-likeness (QED) is 0.298. The summed E-state index contributed by atoms with van der Waals surface area (Å²) < 4.78 is 18.8. The molecule has 0 unspecified atom stereocenters. The molecule has 4 aromatic rings. The number of ether oxygens (including phenoxy) is 3. The number of methoxy groups -OCH3 is 1. The fourth-order valence-corrected chi connectivity index (χ4v) is 4.61. The second-order valence-corrected chi connectivity index (χ2v) is 10.8. The van der Waals surface area contributed by atoms with Gasteiger partial charge in [0.25, 0.3) is 0 Å². The Morgan fingerprint density at radius 3 is 2.37 bits per heavy atom. The van der Waals surface area contributed by atoms with Gasteiger partial charge >= 0.3 is 6.09 Å². The van der Waals surface area contributed by atoms with Gasteiger partial charge in [-0.15, -0.1) is 0 Å². The summed E-state index contributed by atoms with van der Waals surface area (Å²) in [4.78, 5) is 30.7. The highest BCUT2D eigenvalue weighted by molar-refractivity contribution is 5.85. The van der Waals surface area contributed by atoms with Crippen LogP contribution in [0.2, 0.25) is 0 Å². The topological polar surface area (TPSA) is 94.8 Å². The Morgan fingerprint density at radius 2 is 1.68 bits per heavy atom. The molecule has 0 saturated carbocycles. The maximum Gasteiger partial charge on any atom is 0.410 e. The van der Waals surface area contributed by atoms with Crippen LogP contribution in [-0.2, 0) is 11.3 Å². The Kier molecular flexibility index (Phi) is 8.37. The molecule has 214 valence electrons. The van der Waals surface area contributed by atoms with Gasteiger partial charge in [-0.3, -0.25) is 0 Å². The first kappa shape index (κ1) is 27.9. The maximum absolute atomic E-state index is 12.6. The Labute approximate surface area is 240 Å². The molecule has 1 aliphatic heterocycles. The summed E-state index contributed by atoms with van der Waals surface area (Å²) in [5, 5.41) is 0. The Balaban J connectivity index is 1.40. The van der Waals surface area contributed by atoms with E-state index in [0.29, 0.717) is 39.3 Å². The number of fused-ring (bicyclic) bond motifs is 1. The lowest BCUT2D eigenvalue weighted by molar-refractivity contribution is 0.0240. The third-order valence-electron chi connectivity index (χ3n) is 6.63. The number of amides is 1. The van der Waals surface area contributed by atoms with Crippen molar-refractivity contribution in [1.29, 1.82) is 0 Å². The molecule has 2 aromatic carbocycles. The molecule has 1 amide bonds. The number of para-hydroxylation sites is 1. The molecule has 10 nitrogen and oxygen atoms in total. The first-order valence-corrected chi connectivity index (χ1v) is 13.7. The van der Waals surface area contributed by atoms with E-state index in [0.717, 1.165) is 39.9 Å². The van der Waals surface area contributed by atoms with Crippen molar-refractivity contribution in [2.75, 3.05) is 44.8 Å². The SMILES string of the molecule is COc1ccc(Cn2c(/C=C/COc3ccccc3)nc3c(N4CCN(C(=O)OC(C)(C)C)CC4)ncnc32)cc1. The Hall–Kier alpha value is -4.60. The highest BCUT2D eigenvalue weighted by Crippen LogP contribution is 2.27. The number of hydrogen-bond acceptors (Lipinski definition) is 8. The van der Waals surface area contributed by atoms with Crippen LogP contribution >= 0.6 is 0 Å². The van der Waals surface area contributed by atoms with Gasteiger partial charge < -0.3 is 28.6 Å². The number of nitrogens with zero attached hydrogens (tertiary/aromatic N) is 6. The van der Waals surface area contributed by atoms with E-state index in [-0.39, 0.29) is 6.09 Å². The van der Waals surface area contributed by atoms with Gasteiger partial charge in [-0.2, -0.15) is 0 Å². The minimum absolute atomic E-state index is 0.293. The van der Waals surface area contributed by atoms with Crippen molar-refractivity contribution in [3.63, 3.8) is 0 Å². The van der Waals surface area contributed by atoms with Gasteiger partial charge in [-0.25, -0.2) is 19.7 Å². The van der Waals surface area contributed by atoms with Crippen LogP contribution in [0.3, 0.4) is 0 Å². The summed E-state index contributed by atoms with van der Waals surface area (Å²) in [7, 11) is 1.66.